The molecule has 12 heavy (non-hydrogen) atoms. The van der Waals surface area contributed by atoms with E-state index >= 15 is 0 Å². The number of nitrogens with one attached hydrogen (secondary N) is 1. The van der Waals surface area contributed by atoms with Crippen LogP contribution in [0.2, 0.25) is 0 Å². The van der Waals surface area contributed by atoms with E-state index in [0.717, 1.165) is 13.0 Å². The van der Waals surface area contributed by atoms with Crippen LogP contribution in [0.1, 0.15) is 32.1 Å². The highest BCUT2D eigenvalue weighted by molar-refractivity contribution is 4.89. The fourth-order valence-corrected chi connectivity index (χ4v) is 2.85. The molecule has 2 heteroatoms. The van der Waals surface area contributed by atoms with Crippen LogP contribution in [0.15, 0.2) is 0 Å². The largest absolute Gasteiger partial charge is 0.314 e. The predicted octanol–water partition coefficient (Wildman–Crippen LogP) is 1.59. The van der Waals surface area contributed by atoms with Crippen molar-refractivity contribution in [2.75, 3.05) is 13.2 Å². The van der Waals surface area contributed by atoms with Gasteiger partial charge in [0.25, 0.3) is 0 Å². The zero-order chi connectivity index (χ0) is 8.39. The summed E-state index contributed by atoms with van der Waals surface area (Å²) in [5.74, 6) is 1.20. The van der Waals surface area contributed by atoms with Crippen LogP contribution in [0.4, 0.5) is 0 Å². The molecular weight excluding hydrogens is 150 g/mol. The van der Waals surface area contributed by atoms with Crippen LogP contribution >= 0.6 is 0 Å². The third-order valence-corrected chi connectivity index (χ3v) is 3.56. The molecule has 0 bridgehead atoms. The van der Waals surface area contributed by atoms with Crippen molar-refractivity contribution in [1.82, 2.24) is 5.32 Å². The van der Waals surface area contributed by atoms with E-state index in [-0.39, 0.29) is 6.61 Å². The highest BCUT2D eigenvalue weighted by atomic mass is 16.3. The fraction of sp³-hybridized carbons (Fsp3) is 1.00. The summed E-state index contributed by atoms with van der Waals surface area (Å²) < 4.78 is 0. The summed E-state index contributed by atoms with van der Waals surface area (Å²) in [6.45, 7) is 1.23. The van der Waals surface area contributed by atoms with Gasteiger partial charge in [0.2, 0.25) is 0 Å². The fourth-order valence-electron chi connectivity index (χ4n) is 2.85. The Morgan fingerprint density at radius 1 is 1.17 bits per heavy atom. The van der Waals surface area contributed by atoms with Crippen molar-refractivity contribution in [1.29, 1.82) is 0 Å². The Labute approximate surface area is 74.4 Å². The lowest BCUT2D eigenvalue weighted by Crippen LogP contribution is -2.48. The van der Waals surface area contributed by atoms with Gasteiger partial charge in [0.15, 0.2) is 0 Å². The van der Waals surface area contributed by atoms with E-state index in [4.69, 9.17) is 0 Å². The lowest BCUT2D eigenvalue weighted by atomic mass is 9.73. The highest BCUT2D eigenvalue weighted by Crippen LogP contribution is 2.34. The second-order valence-corrected chi connectivity index (χ2v) is 4.22. The van der Waals surface area contributed by atoms with Crippen LogP contribution in [-0.4, -0.2) is 19.2 Å². The van der Waals surface area contributed by atoms with Crippen molar-refractivity contribution >= 4 is 0 Å². The summed E-state index contributed by atoms with van der Waals surface area (Å²) in [7, 11) is 0. The Morgan fingerprint density at radius 2 is 2.00 bits per heavy atom. The summed E-state index contributed by atoms with van der Waals surface area (Å²) >= 11 is 0. The van der Waals surface area contributed by atoms with Crippen LogP contribution in [0.3, 0.4) is 0 Å². The quantitative estimate of drug-likeness (QED) is 0.633. The van der Waals surface area contributed by atoms with Crippen molar-refractivity contribution in [3.8, 4) is 0 Å². The van der Waals surface area contributed by atoms with Crippen molar-refractivity contribution in [2.45, 2.75) is 38.1 Å². The zero-order valence-electron chi connectivity index (χ0n) is 7.59. The Hall–Kier alpha value is -0.0800. The highest BCUT2D eigenvalue weighted by Gasteiger charge is 2.34. The van der Waals surface area contributed by atoms with Crippen LogP contribution in [-0.2, 0) is 5.11 Å². The van der Waals surface area contributed by atoms with E-state index in [2.05, 4.69) is 5.32 Å². The number of fused-ring (bicyclic) bond motifs is 1. The first-order chi connectivity index (χ1) is 5.92. The molecule has 0 amide bonds. The summed E-state index contributed by atoms with van der Waals surface area (Å²) in [5.41, 5.74) is 0. The van der Waals surface area contributed by atoms with Gasteiger partial charge in [-0.25, -0.2) is 5.11 Å². The van der Waals surface area contributed by atoms with Crippen LogP contribution < -0.4 is 5.32 Å². The minimum absolute atomic E-state index is 0.156. The second kappa shape index (κ2) is 3.75. The van der Waals surface area contributed by atoms with Crippen molar-refractivity contribution in [3.05, 3.63) is 0 Å². The maximum Gasteiger partial charge on any atom is 0.0854 e. The molecule has 3 unspecified atom stereocenters. The second-order valence-electron chi connectivity index (χ2n) is 4.22. The molecule has 0 spiro atoms. The molecule has 2 fully saturated rings. The van der Waals surface area contributed by atoms with E-state index < -0.39 is 0 Å². The number of rotatable bonds is 1. The molecule has 1 heterocycles. The normalized spacial score (nSPS) is 42.2. The van der Waals surface area contributed by atoms with Crippen LogP contribution in [0, 0.1) is 11.8 Å². The molecule has 69 valence electrons. The molecule has 1 N–H and O–H groups in total. The van der Waals surface area contributed by atoms with Gasteiger partial charge in [-0.2, -0.15) is 0 Å². The van der Waals surface area contributed by atoms with Crippen LogP contribution in [0.5, 0.6) is 0 Å². The van der Waals surface area contributed by atoms with Crippen LogP contribution in [0.25, 0.3) is 0 Å². The van der Waals surface area contributed by atoms with E-state index in [9.17, 15) is 5.11 Å². The smallest absolute Gasteiger partial charge is 0.0854 e. The van der Waals surface area contributed by atoms with Gasteiger partial charge in [0, 0.05) is 6.04 Å². The molecule has 1 saturated carbocycles. The lowest BCUT2D eigenvalue weighted by molar-refractivity contribution is 0.0526. The molecule has 2 rings (SSSR count). The van der Waals surface area contributed by atoms with Gasteiger partial charge in [-0.05, 0) is 37.6 Å². The third-order valence-electron chi connectivity index (χ3n) is 3.56. The molecule has 2 nitrogen and oxygen atoms in total. The Balaban J connectivity index is 1.99. The van der Waals surface area contributed by atoms with Gasteiger partial charge < -0.3 is 5.32 Å². The molecule has 2 aliphatic rings. The van der Waals surface area contributed by atoms with Crippen molar-refractivity contribution in [2.24, 2.45) is 11.8 Å². The molecule has 1 saturated heterocycles. The summed E-state index contributed by atoms with van der Waals surface area (Å²) in [4.78, 5) is 0. The van der Waals surface area contributed by atoms with Gasteiger partial charge in [-0.3, -0.25) is 0 Å². The predicted molar refractivity (Wildman–Crippen MR) is 47.4 cm³/mol. The molecule has 3 atom stereocenters. The Bertz CT molecular complexity index is 140. The zero-order valence-corrected chi connectivity index (χ0v) is 7.59. The molecule has 1 radical (unpaired) electrons. The third kappa shape index (κ3) is 1.50. The summed E-state index contributed by atoms with van der Waals surface area (Å²) in [6.07, 6.45) is 6.43. The SMILES string of the molecule is [O]CC1CCNC2CCCCC12. The maximum absolute atomic E-state index is 10.9. The standard InChI is InChI=1S/C10H18NO/c12-7-8-5-6-11-10-4-2-1-3-9(8)10/h8-11H,1-7H2. The van der Waals surface area contributed by atoms with Gasteiger partial charge in [-0.1, -0.05) is 12.8 Å². The minimum Gasteiger partial charge on any atom is -0.314 e. The number of hydrogen-bond acceptors (Lipinski definition) is 1. The monoisotopic (exact) mass is 168 g/mol. The molecular formula is C10H18NO. The summed E-state index contributed by atoms with van der Waals surface area (Å²) in [5, 5.41) is 14.5. The molecule has 1 aliphatic heterocycles. The molecule has 0 aromatic rings. The van der Waals surface area contributed by atoms with E-state index in [1.54, 1.807) is 0 Å². The van der Waals surface area contributed by atoms with E-state index in [1.165, 1.54) is 25.7 Å². The molecule has 0 aromatic carbocycles. The molecule has 0 aromatic heterocycles. The van der Waals surface area contributed by atoms with E-state index in [1.807, 2.05) is 0 Å². The molecule has 1 aliphatic carbocycles. The van der Waals surface area contributed by atoms with Gasteiger partial charge in [0.1, 0.15) is 0 Å². The lowest BCUT2D eigenvalue weighted by Gasteiger charge is -2.41. The van der Waals surface area contributed by atoms with Crippen molar-refractivity contribution in [3.63, 3.8) is 0 Å². The first-order valence-corrected chi connectivity index (χ1v) is 5.23. The summed E-state index contributed by atoms with van der Waals surface area (Å²) in [6, 6.07) is 0.687. The minimum atomic E-state index is 0.156. The van der Waals surface area contributed by atoms with Gasteiger partial charge >= 0.3 is 0 Å². The van der Waals surface area contributed by atoms with Gasteiger partial charge in [0.05, 0.1) is 6.61 Å². The van der Waals surface area contributed by atoms with E-state index in [0.29, 0.717) is 17.9 Å². The Morgan fingerprint density at radius 3 is 2.83 bits per heavy atom. The first-order valence-electron chi connectivity index (χ1n) is 5.23. The average molecular weight is 168 g/mol. The number of piperidine rings is 1. The number of hydrogen-bond donors (Lipinski definition) is 1. The average Bonchev–Trinajstić information content (AvgIpc) is 2.17. The first kappa shape index (κ1) is 8.52. The topological polar surface area (TPSA) is 31.9 Å². The van der Waals surface area contributed by atoms with Gasteiger partial charge in [-0.15, -0.1) is 0 Å². The van der Waals surface area contributed by atoms with Crippen molar-refractivity contribution < 1.29 is 5.11 Å². The Kier molecular flexibility index (Phi) is 2.66. The maximum atomic E-state index is 10.9.